The molecule has 1 unspecified atom stereocenters. The molecule has 0 aliphatic rings. The van der Waals surface area contributed by atoms with Crippen molar-refractivity contribution in [1.82, 2.24) is 0 Å². The van der Waals surface area contributed by atoms with Gasteiger partial charge >= 0.3 is 0 Å². The Labute approximate surface area is 74.5 Å². The molecular weight excluding hydrogens is 341 g/mol. The standard InChI is InChI=1S/C3H3ClI2O/c4-3(6)2(7)1-5/h3H,1H2. The van der Waals surface area contributed by atoms with Gasteiger partial charge in [-0.15, -0.1) is 11.6 Å². The fraction of sp³-hybridized carbons (Fsp3) is 0.667. The molecule has 0 saturated carbocycles. The van der Waals surface area contributed by atoms with Crippen LogP contribution in [0.15, 0.2) is 0 Å². The molecule has 42 valence electrons. The summed E-state index contributed by atoms with van der Waals surface area (Å²) in [6.45, 7) is 0. The van der Waals surface area contributed by atoms with Gasteiger partial charge in [-0.3, -0.25) is 4.79 Å². The third-order valence-corrected chi connectivity index (χ3v) is 2.06. The zero-order valence-corrected chi connectivity index (χ0v) is 8.40. The molecule has 0 radical (unpaired) electrons. The summed E-state index contributed by atoms with van der Waals surface area (Å²) >= 11 is 9.23. The molecule has 0 spiro atoms. The van der Waals surface area contributed by atoms with E-state index in [2.05, 4.69) is 0 Å². The molecule has 0 aromatic carbocycles. The molecule has 0 aliphatic heterocycles. The Hall–Kier alpha value is 1.42. The van der Waals surface area contributed by atoms with Crippen molar-refractivity contribution in [2.45, 2.75) is 3.38 Å². The van der Waals surface area contributed by atoms with Crippen molar-refractivity contribution >= 4 is 62.6 Å². The van der Waals surface area contributed by atoms with Crippen LogP contribution >= 0.6 is 56.8 Å². The summed E-state index contributed by atoms with van der Waals surface area (Å²) in [7, 11) is 0. The topological polar surface area (TPSA) is 17.1 Å². The van der Waals surface area contributed by atoms with Gasteiger partial charge in [0.1, 0.15) is 3.38 Å². The predicted octanol–water partition coefficient (Wildman–Crippen LogP) is 1.99. The number of carbonyl (C=O) groups is 1. The molecule has 0 saturated heterocycles. The minimum absolute atomic E-state index is 0.0860. The molecule has 0 aromatic rings. The van der Waals surface area contributed by atoms with Crippen LogP contribution < -0.4 is 0 Å². The lowest BCUT2D eigenvalue weighted by molar-refractivity contribution is -0.114. The highest BCUT2D eigenvalue weighted by Crippen LogP contribution is 2.07. The van der Waals surface area contributed by atoms with Gasteiger partial charge in [0.2, 0.25) is 0 Å². The van der Waals surface area contributed by atoms with E-state index in [1.807, 2.05) is 45.2 Å². The maximum atomic E-state index is 10.4. The third kappa shape index (κ3) is 3.96. The van der Waals surface area contributed by atoms with Crippen LogP contribution in [0.2, 0.25) is 0 Å². The SMILES string of the molecule is O=C(CI)C(Cl)I. The summed E-state index contributed by atoms with van der Waals surface area (Å²) in [4.78, 5) is 10.4. The maximum Gasteiger partial charge on any atom is 0.170 e. The summed E-state index contributed by atoms with van der Waals surface area (Å²) in [5.41, 5.74) is 0. The van der Waals surface area contributed by atoms with Gasteiger partial charge in [-0.05, 0) is 0 Å². The van der Waals surface area contributed by atoms with E-state index in [0.29, 0.717) is 4.43 Å². The summed E-state index contributed by atoms with van der Waals surface area (Å²) in [6.07, 6.45) is 0. The normalized spacial score (nSPS) is 13.6. The van der Waals surface area contributed by atoms with E-state index in [4.69, 9.17) is 11.6 Å². The molecule has 0 rings (SSSR count). The lowest BCUT2D eigenvalue weighted by Gasteiger charge is -1.90. The zero-order valence-electron chi connectivity index (χ0n) is 3.33. The molecule has 7 heavy (non-hydrogen) atoms. The second-order valence-corrected chi connectivity index (χ2v) is 4.08. The van der Waals surface area contributed by atoms with Gasteiger partial charge in [-0.1, -0.05) is 45.2 Å². The molecule has 0 fully saturated rings. The summed E-state index contributed by atoms with van der Waals surface area (Å²) in [6, 6.07) is 0. The van der Waals surface area contributed by atoms with Crippen LogP contribution in [-0.2, 0) is 4.79 Å². The molecule has 0 N–H and O–H groups in total. The van der Waals surface area contributed by atoms with Gasteiger partial charge in [0.15, 0.2) is 5.78 Å². The van der Waals surface area contributed by atoms with Gasteiger partial charge in [-0.25, -0.2) is 0 Å². The second-order valence-electron chi connectivity index (χ2n) is 0.901. The number of ketones is 1. The Balaban J connectivity index is 3.35. The van der Waals surface area contributed by atoms with Crippen molar-refractivity contribution < 1.29 is 4.79 Å². The van der Waals surface area contributed by atoms with Crippen molar-refractivity contribution in [1.29, 1.82) is 0 Å². The van der Waals surface area contributed by atoms with E-state index >= 15 is 0 Å². The van der Waals surface area contributed by atoms with Crippen molar-refractivity contribution in [2.75, 3.05) is 4.43 Å². The van der Waals surface area contributed by atoms with E-state index in [-0.39, 0.29) is 9.17 Å². The number of carbonyl (C=O) groups excluding carboxylic acids is 1. The highest BCUT2D eigenvalue weighted by molar-refractivity contribution is 14.1. The quantitative estimate of drug-likeness (QED) is 0.553. The first-order valence-corrected chi connectivity index (χ1v) is 4.76. The first kappa shape index (κ1) is 8.42. The number of hydrogen-bond donors (Lipinski definition) is 0. The first-order chi connectivity index (χ1) is 3.18. The number of alkyl halides is 3. The summed E-state index contributed by atoms with van der Waals surface area (Å²) < 4.78 is 0.170. The van der Waals surface area contributed by atoms with Crippen LogP contribution in [-0.4, -0.2) is 13.6 Å². The number of hydrogen-bond acceptors (Lipinski definition) is 1. The van der Waals surface area contributed by atoms with Gasteiger partial charge in [0, 0.05) is 0 Å². The molecule has 4 heteroatoms. The van der Waals surface area contributed by atoms with E-state index < -0.39 is 0 Å². The van der Waals surface area contributed by atoms with E-state index in [1.54, 1.807) is 0 Å². The Morgan fingerprint density at radius 2 is 2.29 bits per heavy atom. The van der Waals surface area contributed by atoms with Gasteiger partial charge in [0.25, 0.3) is 0 Å². The number of halogens is 3. The Morgan fingerprint density at radius 3 is 2.29 bits per heavy atom. The van der Waals surface area contributed by atoms with Crippen molar-refractivity contribution in [3.05, 3.63) is 0 Å². The van der Waals surface area contributed by atoms with Crippen LogP contribution in [0, 0.1) is 0 Å². The van der Waals surface area contributed by atoms with Crippen LogP contribution in [0.25, 0.3) is 0 Å². The highest BCUT2D eigenvalue weighted by atomic mass is 127. The van der Waals surface area contributed by atoms with Gasteiger partial charge in [-0.2, -0.15) is 0 Å². The maximum absolute atomic E-state index is 10.4. The predicted molar refractivity (Wildman–Crippen MR) is 47.6 cm³/mol. The van der Waals surface area contributed by atoms with E-state index in [0.717, 1.165) is 0 Å². The highest BCUT2D eigenvalue weighted by Gasteiger charge is 2.06. The van der Waals surface area contributed by atoms with Crippen LogP contribution in [0.5, 0.6) is 0 Å². The Morgan fingerprint density at radius 1 is 1.86 bits per heavy atom. The Kier molecular flexibility index (Phi) is 5.19. The van der Waals surface area contributed by atoms with Crippen LogP contribution in [0.4, 0.5) is 0 Å². The lowest BCUT2D eigenvalue weighted by atomic mass is 10.5. The van der Waals surface area contributed by atoms with E-state index in [1.165, 1.54) is 0 Å². The third-order valence-electron chi connectivity index (χ3n) is 0.375. The number of Topliss-reactive ketones (excluding diaryl/α,β-unsaturated/α-hetero) is 1. The van der Waals surface area contributed by atoms with E-state index in [9.17, 15) is 4.79 Å². The molecular formula is C3H3ClI2O. The van der Waals surface area contributed by atoms with Crippen LogP contribution in [0.3, 0.4) is 0 Å². The first-order valence-electron chi connectivity index (χ1n) is 1.55. The molecule has 1 nitrogen and oxygen atoms in total. The average Bonchev–Trinajstić information content (AvgIpc) is 1.65. The zero-order chi connectivity index (χ0) is 5.86. The molecule has 0 heterocycles. The monoisotopic (exact) mass is 344 g/mol. The molecule has 0 amide bonds. The molecule has 0 aliphatic carbocycles. The average molecular weight is 344 g/mol. The minimum atomic E-state index is -0.338. The van der Waals surface area contributed by atoms with Crippen molar-refractivity contribution in [3.63, 3.8) is 0 Å². The number of rotatable bonds is 2. The van der Waals surface area contributed by atoms with Gasteiger partial charge in [0.05, 0.1) is 4.43 Å². The fourth-order valence-corrected chi connectivity index (χ4v) is 1.90. The van der Waals surface area contributed by atoms with Crippen molar-refractivity contribution in [2.24, 2.45) is 0 Å². The lowest BCUT2D eigenvalue weighted by Crippen LogP contribution is -2.06. The molecule has 0 aromatic heterocycles. The summed E-state index contributed by atoms with van der Waals surface area (Å²) in [5, 5.41) is 0. The summed E-state index contributed by atoms with van der Waals surface area (Å²) in [5.74, 6) is 0.0860. The smallest absolute Gasteiger partial charge is 0.170 e. The minimum Gasteiger partial charge on any atom is -0.296 e. The van der Waals surface area contributed by atoms with Crippen LogP contribution in [0.1, 0.15) is 0 Å². The fourth-order valence-electron chi connectivity index (χ4n) is 0.0583. The molecule has 0 bridgehead atoms. The van der Waals surface area contributed by atoms with Gasteiger partial charge < -0.3 is 0 Å². The molecule has 1 atom stereocenters. The Bertz CT molecular complexity index is 73.3. The second kappa shape index (κ2) is 4.31. The van der Waals surface area contributed by atoms with Crippen molar-refractivity contribution in [3.8, 4) is 0 Å². The largest absolute Gasteiger partial charge is 0.296 e.